The van der Waals surface area contributed by atoms with Gasteiger partial charge in [0.2, 0.25) is 5.91 Å². The normalized spacial score (nSPS) is 11.2. The first kappa shape index (κ1) is 18.1. The Morgan fingerprint density at radius 1 is 1.11 bits per heavy atom. The van der Waals surface area contributed by atoms with Crippen LogP contribution in [0.1, 0.15) is 12.5 Å². The second-order valence-electron chi connectivity index (χ2n) is 6.22. The molecule has 7 nitrogen and oxygen atoms in total. The Bertz CT molecular complexity index is 1250. The summed E-state index contributed by atoms with van der Waals surface area (Å²) in [5.41, 5.74) is 8.03. The molecule has 0 bridgehead atoms. The zero-order valence-electron chi connectivity index (χ0n) is 15.1. The Hall–Kier alpha value is -3.26. The van der Waals surface area contributed by atoms with Crippen LogP contribution in [0.2, 0.25) is 0 Å². The number of nitrogens with two attached hydrogens (primary N) is 1. The number of carbonyl (C=O) groups excluding carboxylic acids is 1. The van der Waals surface area contributed by atoms with Crippen molar-refractivity contribution in [2.45, 2.75) is 18.5 Å². The van der Waals surface area contributed by atoms with E-state index in [1.165, 1.54) is 10.1 Å². The highest BCUT2D eigenvalue weighted by molar-refractivity contribution is 7.99. The van der Waals surface area contributed by atoms with Gasteiger partial charge in [-0.2, -0.15) is 14.6 Å². The van der Waals surface area contributed by atoms with Crippen molar-refractivity contribution < 1.29 is 4.79 Å². The number of fused-ring (bicyclic) bond motifs is 3. The highest BCUT2D eigenvalue weighted by Gasteiger charge is 2.15. The molecule has 2 heterocycles. The van der Waals surface area contributed by atoms with Gasteiger partial charge in [0.1, 0.15) is 0 Å². The highest BCUT2D eigenvalue weighted by atomic mass is 32.2. The van der Waals surface area contributed by atoms with Gasteiger partial charge in [0, 0.05) is 10.9 Å². The maximum atomic E-state index is 12.7. The highest BCUT2D eigenvalue weighted by Crippen LogP contribution is 2.24. The summed E-state index contributed by atoms with van der Waals surface area (Å²) >= 11 is 1.16. The molecule has 28 heavy (non-hydrogen) atoms. The van der Waals surface area contributed by atoms with Gasteiger partial charge >= 0.3 is 0 Å². The second-order valence-corrected chi connectivity index (χ2v) is 7.16. The quantitative estimate of drug-likeness (QED) is 0.318. The summed E-state index contributed by atoms with van der Waals surface area (Å²) in [5, 5.41) is 5.70. The Kier molecular flexibility index (Phi) is 4.79. The Labute approximate surface area is 164 Å². The number of hydrogen-bond acceptors (Lipinski definition) is 6. The van der Waals surface area contributed by atoms with Gasteiger partial charge in [-0.1, -0.05) is 55.1 Å². The van der Waals surface area contributed by atoms with Crippen LogP contribution < -0.4 is 11.3 Å². The lowest BCUT2D eigenvalue weighted by Gasteiger charge is -2.10. The van der Waals surface area contributed by atoms with E-state index in [1.54, 1.807) is 0 Å². The van der Waals surface area contributed by atoms with Crippen LogP contribution in [0, 0.1) is 0 Å². The molecule has 4 aromatic rings. The number of para-hydroxylation sites is 1. The third kappa shape index (κ3) is 3.34. The third-order valence-electron chi connectivity index (χ3n) is 4.33. The lowest BCUT2D eigenvalue weighted by Crippen LogP contribution is -2.19. The average Bonchev–Trinajstić information content (AvgIpc) is 2.71. The fraction of sp³-hybridized carbons (Fsp3) is 0.150. The summed E-state index contributed by atoms with van der Waals surface area (Å²) in [4.78, 5) is 32.8. The van der Waals surface area contributed by atoms with E-state index in [-0.39, 0.29) is 11.4 Å². The van der Waals surface area contributed by atoms with Crippen LogP contribution in [0.5, 0.6) is 0 Å². The van der Waals surface area contributed by atoms with Crippen LogP contribution in [0.3, 0.4) is 0 Å². The van der Waals surface area contributed by atoms with E-state index in [2.05, 4.69) is 22.0 Å². The summed E-state index contributed by atoms with van der Waals surface area (Å²) in [7, 11) is 0. The minimum Gasteiger partial charge on any atom is -0.369 e. The molecular weight excluding hydrogens is 374 g/mol. The summed E-state index contributed by atoms with van der Waals surface area (Å²) < 4.78 is 1.51. The molecular formula is C20H17N5O2S. The predicted molar refractivity (Wildman–Crippen MR) is 109 cm³/mol. The van der Waals surface area contributed by atoms with Crippen LogP contribution in [0.4, 0.5) is 0 Å². The van der Waals surface area contributed by atoms with E-state index in [9.17, 15) is 9.59 Å². The van der Waals surface area contributed by atoms with Crippen LogP contribution in [0.15, 0.2) is 58.5 Å². The Morgan fingerprint density at radius 2 is 1.86 bits per heavy atom. The van der Waals surface area contributed by atoms with Crippen molar-refractivity contribution in [1.82, 2.24) is 19.6 Å². The molecule has 4 rings (SSSR count). The minimum atomic E-state index is -0.461. The maximum absolute atomic E-state index is 12.7. The van der Waals surface area contributed by atoms with Gasteiger partial charge in [0.15, 0.2) is 16.5 Å². The predicted octanol–water partition coefficient (Wildman–Crippen LogP) is 2.44. The van der Waals surface area contributed by atoms with Crippen molar-refractivity contribution in [2.75, 3.05) is 5.75 Å². The molecule has 2 aromatic carbocycles. The fourth-order valence-corrected chi connectivity index (χ4v) is 3.60. The molecule has 0 saturated carbocycles. The molecule has 2 N–H and O–H groups in total. The molecule has 0 radical (unpaired) electrons. The first-order chi connectivity index (χ1) is 13.6. The molecule has 0 atom stereocenters. The molecule has 1 amide bonds. The second kappa shape index (κ2) is 7.40. The molecule has 0 unspecified atom stereocenters. The number of hydrogen-bond donors (Lipinski definition) is 1. The van der Waals surface area contributed by atoms with E-state index >= 15 is 0 Å². The van der Waals surface area contributed by atoms with Crippen molar-refractivity contribution >= 4 is 34.2 Å². The molecule has 0 aliphatic rings. The number of rotatable bonds is 5. The van der Waals surface area contributed by atoms with Crippen molar-refractivity contribution in [2.24, 2.45) is 5.73 Å². The standard InChI is InChI=1S/C20H17N5O2S/c1-2-12-7-9-13(10-8-12)17-19(27)23-18-14-5-3-4-6-15(14)22-20(25(18)24-17)28-11-16(21)26/h3-10H,2,11H2,1H3,(H2,21,26). The first-order valence-electron chi connectivity index (χ1n) is 8.77. The van der Waals surface area contributed by atoms with E-state index in [1.807, 2.05) is 48.5 Å². The average molecular weight is 391 g/mol. The van der Waals surface area contributed by atoms with E-state index in [0.717, 1.165) is 18.2 Å². The number of thioether (sulfide) groups is 1. The van der Waals surface area contributed by atoms with Crippen molar-refractivity contribution in [3.05, 3.63) is 64.4 Å². The topological polar surface area (TPSA) is 103 Å². The Balaban J connectivity index is 1.97. The number of benzene rings is 2. The number of aryl methyl sites for hydroxylation is 1. The van der Waals surface area contributed by atoms with Gasteiger partial charge in [0.05, 0.1) is 11.3 Å². The largest absolute Gasteiger partial charge is 0.369 e. The van der Waals surface area contributed by atoms with Gasteiger partial charge < -0.3 is 5.73 Å². The number of nitrogens with zero attached hydrogens (tertiary/aromatic N) is 4. The first-order valence-corrected chi connectivity index (χ1v) is 9.75. The Morgan fingerprint density at radius 3 is 2.57 bits per heavy atom. The maximum Gasteiger partial charge on any atom is 0.300 e. The third-order valence-corrected chi connectivity index (χ3v) is 5.28. The molecule has 0 spiro atoms. The minimum absolute atomic E-state index is 0.0504. The SMILES string of the molecule is CCc1ccc(-c2nn3c(SCC(N)=O)nc4ccccc4c3nc2=O)cc1. The number of carbonyl (C=O) groups is 1. The van der Waals surface area contributed by atoms with Crippen molar-refractivity contribution in [3.63, 3.8) is 0 Å². The summed E-state index contributed by atoms with van der Waals surface area (Å²) in [5.74, 6) is -0.410. The molecule has 0 aliphatic heterocycles. The molecule has 0 fully saturated rings. The molecule has 0 aliphatic carbocycles. The number of primary amides is 1. The summed E-state index contributed by atoms with van der Waals surface area (Å²) in [6, 6.07) is 15.0. The monoisotopic (exact) mass is 391 g/mol. The van der Waals surface area contributed by atoms with Crippen LogP contribution in [0.25, 0.3) is 27.8 Å². The van der Waals surface area contributed by atoms with Crippen LogP contribution in [-0.4, -0.2) is 31.2 Å². The van der Waals surface area contributed by atoms with E-state index in [0.29, 0.717) is 27.3 Å². The number of aromatic nitrogens is 4. The lowest BCUT2D eigenvalue weighted by molar-refractivity contribution is -0.115. The van der Waals surface area contributed by atoms with Crippen LogP contribution in [-0.2, 0) is 11.2 Å². The van der Waals surface area contributed by atoms with Gasteiger partial charge in [0.25, 0.3) is 5.56 Å². The number of amides is 1. The zero-order chi connectivity index (χ0) is 19.7. The fourth-order valence-electron chi connectivity index (χ4n) is 2.91. The molecule has 0 saturated heterocycles. The summed E-state index contributed by atoms with van der Waals surface area (Å²) in [6.45, 7) is 2.07. The summed E-state index contributed by atoms with van der Waals surface area (Å²) in [6.07, 6.45) is 0.909. The molecule has 140 valence electrons. The van der Waals surface area contributed by atoms with E-state index < -0.39 is 11.5 Å². The van der Waals surface area contributed by atoms with Gasteiger partial charge in [-0.05, 0) is 24.1 Å². The van der Waals surface area contributed by atoms with Gasteiger partial charge in [-0.15, -0.1) is 0 Å². The molecule has 8 heteroatoms. The van der Waals surface area contributed by atoms with E-state index in [4.69, 9.17) is 5.73 Å². The lowest BCUT2D eigenvalue weighted by atomic mass is 10.1. The zero-order valence-corrected chi connectivity index (χ0v) is 15.9. The molecule has 2 aromatic heterocycles. The van der Waals surface area contributed by atoms with Crippen LogP contribution >= 0.6 is 11.8 Å². The smallest absolute Gasteiger partial charge is 0.300 e. The van der Waals surface area contributed by atoms with Gasteiger partial charge in [-0.3, -0.25) is 9.59 Å². The van der Waals surface area contributed by atoms with Crippen molar-refractivity contribution in [1.29, 1.82) is 0 Å². The van der Waals surface area contributed by atoms with Crippen molar-refractivity contribution in [3.8, 4) is 11.3 Å². The van der Waals surface area contributed by atoms with Gasteiger partial charge in [-0.25, -0.2) is 4.98 Å².